The maximum Gasteiger partial charge on any atom is 0.362 e. The summed E-state index contributed by atoms with van der Waals surface area (Å²) in [5, 5.41) is 9.53. The van der Waals surface area contributed by atoms with E-state index in [0.717, 1.165) is 70.6 Å². The second-order valence-corrected chi connectivity index (χ2v) is 12.4. The molecule has 250 valence electrons. The number of rotatable bonds is 29. The number of nitrogens with zero attached hydrogens (tertiary/aromatic N) is 1. The predicted molar refractivity (Wildman–Crippen MR) is 174 cm³/mol. The van der Waals surface area contributed by atoms with E-state index in [1.165, 1.54) is 25.7 Å². The average molecular weight is 611 g/mol. The topological polar surface area (TPSA) is 99.1 Å². The summed E-state index contributed by atoms with van der Waals surface area (Å²) in [6.45, 7) is 4.54. The van der Waals surface area contributed by atoms with Crippen molar-refractivity contribution in [1.29, 1.82) is 0 Å². The fraction of sp³-hybridized carbons (Fsp3) is 0.800. The highest BCUT2D eigenvalue weighted by molar-refractivity contribution is 5.72. The molecule has 0 aromatic heterocycles. The normalized spacial score (nSPS) is 13.4. The molecule has 0 rings (SSSR count). The Morgan fingerprint density at radius 2 is 1.30 bits per heavy atom. The average Bonchev–Trinajstić information content (AvgIpc) is 2.94. The third-order valence-electron chi connectivity index (χ3n) is 7.37. The largest absolute Gasteiger partial charge is 0.477 e. The maximum absolute atomic E-state index is 12.5. The first-order valence-electron chi connectivity index (χ1n) is 16.9. The molecule has 0 fully saturated rings. The summed E-state index contributed by atoms with van der Waals surface area (Å²) < 4.78 is 17.1. The van der Waals surface area contributed by atoms with Gasteiger partial charge in [0.2, 0.25) is 0 Å². The van der Waals surface area contributed by atoms with Crippen LogP contribution in [0, 0.1) is 0 Å². The van der Waals surface area contributed by atoms with E-state index < -0.39 is 18.1 Å². The summed E-state index contributed by atoms with van der Waals surface area (Å²) in [6.07, 6.45) is 25.2. The van der Waals surface area contributed by atoms with Gasteiger partial charge in [0.05, 0.1) is 34.4 Å². The van der Waals surface area contributed by atoms with E-state index in [2.05, 4.69) is 38.2 Å². The first kappa shape index (κ1) is 40.8. The fourth-order valence-electron chi connectivity index (χ4n) is 4.71. The van der Waals surface area contributed by atoms with Gasteiger partial charge in [-0.15, -0.1) is 0 Å². The van der Waals surface area contributed by atoms with Crippen molar-refractivity contribution in [3.05, 3.63) is 24.3 Å². The van der Waals surface area contributed by atoms with Crippen LogP contribution in [0.5, 0.6) is 0 Å². The molecule has 0 spiro atoms. The van der Waals surface area contributed by atoms with Gasteiger partial charge < -0.3 is 23.8 Å². The SMILES string of the molecule is CC/C=C/C/C=C/CCCCCCCC(=O)OC(COCCC(C(=O)O)[N+](C)(C)C)COC(=O)CCCCCCCCC. The van der Waals surface area contributed by atoms with Crippen LogP contribution in [0.15, 0.2) is 24.3 Å². The Morgan fingerprint density at radius 1 is 0.721 bits per heavy atom. The fourth-order valence-corrected chi connectivity index (χ4v) is 4.71. The third-order valence-corrected chi connectivity index (χ3v) is 7.37. The summed E-state index contributed by atoms with van der Waals surface area (Å²) in [5.74, 6) is -1.50. The van der Waals surface area contributed by atoms with Crippen molar-refractivity contribution >= 4 is 17.9 Å². The molecule has 8 heteroatoms. The van der Waals surface area contributed by atoms with Gasteiger partial charge in [-0.05, 0) is 38.5 Å². The van der Waals surface area contributed by atoms with Crippen LogP contribution in [0.3, 0.4) is 0 Å². The molecule has 0 aromatic rings. The van der Waals surface area contributed by atoms with E-state index in [1.54, 1.807) is 0 Å². The van der Waals surface area contributed by atoms with Crippen LogP contribution in [0.2, 0.25) is 0 Å². The first-order valence-corrected chi connectivity index (χ1v) is 16.9. The van der Waals surface area contributed by atoms with Gasteiger partial charge in [0.25, 0.3) is 0 Å². The van der Waals surface area contributed by atoms with Crippen LogP contribution in [0.1, 0.15) is 129 Å². The summed E-state index contributed by atoms with van der Waals surface area (Å²) >= 11 is 0. The van der Waals surface area contributed by atoms with E-state index in [4.69, 9.17) is 14.2 Å². The monoisotopic (exact) mass is 610 g/mol. The molecular formula is C35H64NO7+. The van der Waals surface area contributed by atoms with Crippen molar-refractivity contribution < 1.29 is 38.2 Å². The Bertz CT molecular complexity index is 773. The maximum atomic E-state index is 12.5. The number of aliphatic carboxylic acids is 1. The van der Waals surface area contributed by atoms with Crippen LogP contribution >= 0.6 is 0 Å². The van der Waals surface area contributed by atoms with Crippen molar-refractivity contribution in [1.82, 2.24) is 0 Å². The van der Waals surface area contributed by atoms with Gasteiger partial charge in [0.15, 0.2) is 12.1 Å². The zero-order valence-electron chi connectivity index (χ0n) is 28.2. The van der Waals surface area contributed by atoms with Gasteiger partial charge in [-0.25, -0.2) is 4.79 Å². The van der Waals surface area contributed by atoms with Gasteiger partial charge in [0, 0.05) is 19.3 Å². The Balaban J connectivity index is 4.49. The molecule has 0 radical (unpaired) electrons. The smallest absolute Gasteiger partial charge is 0.362 e. The van der Waals surface area contributed by atoms with Gasteiger partial charge in [-0.1, -0.05) is 95.9 Å². The van der Waals surface area contributed by atoms with Gasteiger partial charge in [-0.3, -0.25) is 9.59 Å². The molecule has 0 heterocycles. The molecule has 0 aliphatic carbocycles. The van der Waals surface area contributed by atoms with Crippen LogP contribution in [0.25, 0.3) is 0 Å². The molecule has 2 unspecified atom stereocenters. The van der Waals surface area contributed by atoms with E-state index in [0.29, 0.717) is 19.3 Å². The van der Waals surface area contributed by atoms with Crippen LogP contribution in [0.4, 0.5) is 0 Å². The highest BCUT2D eigenvalue weighted by Gasteiger charge is 2.31. The molecule has 1 N–H and O–H groups in total. The molecule has 0 bridgehead atoms. The third kappa shape index (κ3) is 26.0. The standard InChI is InChI=1S/C35H63NO7/c1-6-8-10-12-14-15-16-17-18-20-22-24-26-34(38)43-31(29-41-28-27-32(35(39)40)36(3,4)5)30-42-33(37)25-23-21-19-13-11-9-7-2/h8,10,14-15,31-32H,6-7,9,11-13,16-30H2,1-5H3/p+1/b10-8+,15-14+. The summed E-state index contributed by atoms with van der Waals surface area (Å²) in [6, 6.07) is -0.611. The molecule has 0 aliphatic heterocycles. The molecule has 0 aromatic carbocycles. The first-order chi connectivity index (χ1) is 20.6. The van der Waals surface area contributed by atoms with E-state index in [-0.39, 0.29) is 36.2 Å². The summed E-state index contributed by atoms with van der Waals surface area (Å²) in [7, 11) is 5.50. The van der Waals surface area contributed by atoms with Crippen LogP contribution < -0.4 is 0 Å². The number of carboxylic acids is 1. The van der Waals surface area contributed by atoms with Crippen molar-refractivity contribution in [2.75, 3.05) is 41.0 Å². The Labute approximate surface area is 262 Å². The Kier molecular flexibility index (Phi) is 26.0. The van der Waals surface area contributed by atoms with Crippen LogP contribution in [-0.2, 0) is 28.6 Å². The van der Waals surface area contributed by atoms with E-state index >= 15 is 0 Å². The molecule has 0 saturated carbocycles. The van der Waals surface area contributed by atoms with E-state index in [1.807, 2.05) is 21.1 Å². The highest BCUT2D eigenvalue weighted by Crippen LogP contribution is 2.12. The predicted octanol–water partition coefficient (Wildman–Crippen LogP) is 7.79. The second kappa shape index (κ2) is 27.4. The number of esters is 2. The number of carbonyl (C=O) groups is 3. The van der Waals surface area contributed by atoms with Crippen molar-refractivity contribution in [3.63, 3.8) is 0 Å². The van der Waals surface area contributed by atoms with E-state index in [9.17, 15) is 19.5 Å². The van der Waals surface area contributed by atoms with Crippen LogP contribution in [-0.4, -0.2) is 80.6 Å². The lowest BCUT2D eigenvalue weighted by molar-refractivity contribution is -0.887. The minimum Gasteiger partial charge on any atom is -0.477 e. The zero-order chi connectivity index (χ0) is 32.2. The molecule has 8 nitrogen and oxygen atoms in total. The second-order valence-electron chi connectivity index (χ2n) is 12.4. The van der Waals surface area contributed by atoms with Crippen molar-refractivity contribution in [2.45, 2.75) is 142 Å². The lowest BCUT2D eigenvalue weighted by Gasteiger charge is -2.31. The number of carboxylic acid groups (broad SMARTS) is 1. The molecular weight excluding hydrogens is 546 g/mol. The van der Waals surface area contributed by atoms with Crippen molar-refractivity contribution in [2.24, 2.45) is 0 Å². The lowest BCUT2D eigenvalue weighted by Crippen LogP contribution is -2.50. The number of carbonyl (C=O) groups excluding carboxylic acids is 2. The quantitative estimate of drug-likeness (QED) is 0.0399. The minimum absolute atomic E-state index is 0.0550. The highest BCUT2D eigenvalue weighted by atomic mass is 16.6. The number of hydrogen-bond acceptors (Lipinski definition) is 6. The van der Waals surface area contributed by atoms with Crippen molar-refractivity contribution in [3.8, 4) is 0 Å². The molecule has 2 atom stereocenters. The molecule has 43 heavy (non-hydrogen) atoms. The number of ether oxygens (including phenoxy) is 3. The molecule has 0 saturated heterocycles. The van der Waals surface area contributed by atoms with Gasteiger partial charge >= 0.3 is 17.9 Å². The molecule has 0 amide bonds. The zero-order valence-corrected chi connectivity index (χ0v) is 28.2. The number of quaternary nitrogens is 1. The summed E-state index contributed by atoms with van der Waals surface area (Å²) in [5.41, 5.74) is 0. The minimum atomic E-state index is -0.880. The number of allylic oxidation sites excluding steroid dienone is 4. The number of unbranched alkanes of at least 4 members (excludes halogenated alkanes) is 11. The number of hydrogen-bond donors (Lipinski definition) is 1. The Hall–Kier alpha value is -2.19. The van der Waals surface area contributed by atoms with Gasteiger partial charge in [0.1, 0.15) is 6.61 Å². The Morgan fingerprint density at radius 3 is 1.91 bits per heavy atom. The number of likely N-dealkylation sites (N-methyl/N-ethyl adjacent to an activating group) is 1. The summed E-state index contributed by atoms with van der Waals surface area (Å²) in [4.78, 5) is 36.5. The lowest BCUT2D eigenvalue weighted by atomic mass is 10.1. The van der Waals surface area contributed by atoms with Gasteiger partial charge in [-0.2, -0.15) is 0 Å². The molecule has 0 aliphatic rings.